The zero-order valence-electron chi connectivity index (χ0n) is 15.3. The van der Waals surface area contributed by atoms with E-state index in [4.69, 9.17) is 9.15 Å². The van der Waals surface area contributed by atoms with Crippen LogP contribution in [0.1, 0.15) is 35.9 Å². The largest absolute Gasteiger partial charge is 0.497 e. The number of fused-ring (bicyclic) bond motifs is 1. The molecule has 0 saturated heterocycles. The van der Waals surface area contributed by atoms with E-state index < -0.39 is 0 Å². The number of benzene rings is 2. The quantitative estimate of drug-likeness (QED) is 0.717. The number of methoxy groups -OCH3 is 1. The molecule has 0 aliphatic heterocycles. The molecule has 2 aromatic carbocycles. The number of aryl methyl sites for hydroxylation is 2. The van der Waals surface area contributed by atoms with Crippen LogP contribution in [-0.2, 0) is 17.6 Å². The molecule has 5 nitrogen and oxygen atoms in total. The summed E-state index contributed by atoms with van der Waals surface area (Å²) in [5.41, 5.74) is 3.50. The van der Waals surface area contributed by atoms with Gasteiger partial charge in [-0.3, -0.25) is 4.79 Å². The molecular formula is C22H22N2O3. The van der Waals surface area contributed by atoms with Crippen LogP contribution in [0.2, 0.25) is 0 Å². The van der Waals surface area contributed by atoms with Crippen molar-refractivity contribution in [2.75, 3.05) is 7.11 Å². The Morgan fingerprint density at radius 1 is 1.22 bits per heavy atom. The van der Waals surface area contributed by atoms with Crippen LogP contribution in [0, 0.1) is 0 Å². The zero-order valence-corrected chi connectivity index (χ0v) is 15.3. The normalized spacial score (nSPS) is 15.4. The molecule has 1 unspecified atom stereocenters. The molecule has 3 aromatic rings. The fraction of sp³-hybridized carbons (Fsp3) is 0.273. The number of carbonyl (C=O) groups is 1. The lowest BCUT2D eigenvalue weighted by Gasteiger charge is -2.13. The predicted octanol–water partition coefficient (Wildman–Crippen LogP) is 4.09. The number of hydrogen-bond donors (Lipinski definition) is 1. The van der Waals surface area contributed by atoms with Crippen molar-refractivity contribution in [3.63, 3.8) is 0 Å². The predicted molar refractivity (Wildman–Crippen MR) is 102 cm³/mol. The third-order valence-electron chi connectivity index (χ3n) is 4.96. The first-order valence-corrected chi connectivity index (χ1v) is 9.19. The molecule has 0 bridgehead atoms. The van der Waals surface area contributed by atoms with Crippen molar-refractivity contribution in [2.45, 2.75) is 31.7 Å². The molecule has 0 radical (unpaired) electrons. The molecular weight excluding hydrogens is 340 g/mol. The van der Waals surface area contributed by atoms with Crippen LogP contribution < -0.4 is 10.1 Å². The van der Waals surface area contributed by atoms with Gasteiger partial charge < -0.3 is 14.5 Å². The maximum Gasteiger partial charge on any atom is 0.220 e. The summed E-state index contributed by atoms with van der Waals surface area (Å²) in [4.78, 5) is 16.6. The van der Waals surface area contributed by atoms with Crippen LogP contribution in [0.4, 0.5) is 0 Å². The first kappa shape index (κ1) is 17.3. The lowest BCUT2D eigenvalue weighted by atomic mass is 10.1. The van der Waals surface area contributed by atoms with Crippen molar-refractivity contribution in [1.29, 1.82) is 0 Å². The Morgan fingerprint density at radius 2 is 2.04 bits per heavy atom. The van der Waals surface area contributed by atoms with E-state index in [-0.39, 0.29) is 11.9 Å². The molecule has 1 N–H and O–H groups in total. The first-order chi connectivity index (χ1) is 13.2. The summed E-state index contributed by atoms with van der Waals surface area (Å²) in [6, 6.07) is 16.0. The van der Waals surface area contributed by atoms with Crippen molar-refractivity contribution >= 4 is 5.91 Å². The number of hydrogen-bond acceptors (Lipinski definition) is 4. The molecule has 1 aliphatic carbocycles. The molecule has 1 heterocycles. The van der Waals surface area contributed by atoms with E-state index in [2.05, 4.69) is 22.4 Å². The van der Waals surface area contributed by atoms with Gasteiger partial charge in [0.25, 0.3) is 0 Å². The summed E-state index contributed by atoms with van der Waals surface area (Å²) in [6.07, 6.45) is 4.53. The minimum absolute atomic E-state index is 0.0286. The van der Waals surface area contributed by atoms with Gasteiger partial charge in [0, 0.05) is 18.4 Å². The molecule has 1 aliphatic rings. The molecule has 5 heteroatoms. The summed E-state index contributed by atoms with van der Waals surface area (Å²) in [5, 5.41) is 3.13. The van der Waals surface area contributed by atoms with E-state index in [0.717, 1.165) is 24.2 Å². The Kier molecular flexibility index (Phi) is 4.92. The number of carbonyl (C=O) groups excluding carboxylic acids is 1. The average Bonchev–Trinajstić information content (AvgIpc) is 3.34. The highest BCUT2D eigenvalue weighted by Gasteiger charge is 2.23. The second-order valence-corrected chi connectivity index (χ2v) is 6.70. The number of nitrogens with one attached hydrogen (secondary N) is 1. The summed E-state index contributed by atoms with van der Waals surface area (Å²) in [5.74, 6) is 2.09. The lowest BCUT2D eigenvalue weighted by Crippen LogP contribution is -2.27. The standard InChI is InChI=1S/C22H22N2O3/c1-26-17-9-6-16(7-10-17)20-14-23-22(27-20)13-12-21(25)24-19-11-8-15-4-2-3-5-18(15)19/h2-7,9-10,14,19H,8,11-13H2,1H3,(H,24,25). The van der Waals surface area contributed by atoms with Gasteiger partial charge >= 0.3 is 0 Å². The van der Waals surface area contributed by atoms with Crippen molar-refractivity contribution < 1.29 is 13.9 Å². The van der Waals surface area contributed by atoms with Gasteiger partial charge in [-0.2, -0.15) is 0 Å². The number of oxazole rings is 1. The topological polar surface area (TPSA) is 64.4 Å². The van der Waals surface area contributed by atoms with E-state index in [1.165, 1.54) is 11.1 Å². The molecule has 0 saturated carbocycles. The van der Waals surface area contributed by atoms with Gasteiger partial charge in [-0.05, 0) is 48.2 Å². The Bertz CT molecular complexity index is 931. The number of ether oxygens (including phenoxy) is 1. The van der Waals surface area contributed by atoms with Gasteiger partial charge in [0.05, 0.1) is 19.3 Å². The summed E-state index contributed by atoms with van der Waals surface area (Å²) in [6.45, 7) is 0. The Labute approximate surface area is 158 Å². The van der Waals surface area contributed by atoms with Gasteiger partial charge in [0.15, 0.2) is 11.7 Å². The first-order valence-electron chi connectivity index (χ1n) is 9.19. The molecule has 0 spiro atoms. The van der Waals surface area contributed by atoms with E-state index in [1.807, 2.05) is 36.4 Å². The Balaban J connectivity index is 1.33. The monoisotopic (exact) mass is 362 g/mol. The van der Waals surface area contributed by atoms with Gasteiger partial charge in [0.1, 0.15) is 5.75 Å². The molecule has 138 valence electrons. The van der Waals surface area contributed by atoms with Crippen LogP contribution in [0.25, 0.3) is 11.3 Å². The van der Waals surface area contributed by atoms with Crippen molar-refractivity contribution in [3.05, 3.63) is 71.7 Å². The third kappa shape index (κ3) is 3.87. The highest BCUT2D eigenvalue weighted by molar-refractivity contribution is 5.76. The number of rotatable bonds is 6. The number of aromatic nitrogens is 1. The Morgan fingerprint density at radius 3 is 2.85 bits per heavy atom. The highest BCUT2D eigenvalue weighted by atomic mass is 16.5. The van der Waals surface area contributed by atoms with Crippen LogP contribution in [0.3, 0.4) is 0 Å². The fourth-order valence-corrected chi connectivity index (χ4v) is 3.51. The maximum absolute atomic E-state index is 12.3. The average molecular weight is 362 g/mol. The molecule has 27 heavy (non-hydrogen) atoms. The van der Waals surface area contributed by atoms with Crippen LogP contribution in [0.15, 0.2) is 59.1 Å². The minimum Gasteiger partial charge on any atom is -0.497 e. The molecule has 1 atom stereocenters. The maximum atomic E-state index is 12.3. The van der Waals surface area contributed by atoms with Crippen molar-refractivity contribution in [3.8, 4) is 17.1 Å². The number of nitrogens with zero attached hydrogens (tertiary/aromatic N) is 1. The second kappa shape index (κ2) is 7.66. The Hall–Kier alpha value is -3.08. The van der Waals surface area contributed by atoms with Crippen LogP contribution in [-0.4, -0.2) is 18.0 Å². The molecule has 1 amide bonds. The van der Waals surface area contributed by atoms with E-state index in [9.17, 15) is 4.79 Å². The van der Waals surface area contributed by atoms with E-state index >= 15 is 0 Å². The van der Waals surface area contributed by atoms with E-state index in [0.29, 0.717) is 24.5 Å². The van der Waals surface area contributed by atoms with Crippen LogP contribution in [0.5, 0.6) is 5.75 Å². The molecule has 1 aromatic heterocycles. The van der Waals surface area contributed by atoms with Crippen LogP contribution >= 0.6 is 0 Å². The summed E-state index contributed by atoms with van der Waals surface area (Å²) < 4.78 is 10.9. The molecule has 4 rings (SSSR count). The SMILES string of the molecule is COc1ccc(-c2cnc(CCC(=O)NC3CCc4ccccc43)o2)cc1. The summed E-state index contributed by atoms with van der Waals surface area (Å²) in [7, 11) is 1.64. The van der Waals surface area contributed by atoms with Crippen molar-refractivity contribution in [1.82, 2.24) is 10.3 Å². The second-order valence-electron chi connectivity index (χ2n) is 6.70. The summed E-state index contributed by atoms with van der Waals surface area (Å²) >= 11 is 0. The zero-order chi connectivity index (χ0) is 18.6. The lowest BCUT2D eigenvalue weighted by molar-refractivity contribution is -0.121. The molecule has 0 fully saturated rings. The fourth-order valence-electron chi connectivity index (χ4n) is 3.51. The van der Waals surface area contributed by atoms with Gasteiger partial charge in [0.2, 0.25) is 5.91 Å². The highest BCUT2D eigenvalue weighted by Crippen LogP contribution is 2.30. The van der Waals surface area contributed by atoms with Gasteiger partial charge in [-0.25, -0.2) is 4.98 Å². The van der Waals surface area contributed by atoms with Gasteiger partial charge in [-0.1, -0.05) is 24.3 Å². The van der Waals surface area contributed by atoms with Gasteiger partial charge in [-0.15, -0.1) is 0 Å². The minimum atomic E-state index is 0.0286. The van der Waals surface area contributed by atoms with E-state index in [1.54, 1.807) is 13.3 Å². The smallest absolute Gasteiger partial charge is 0.220 e. The van der Waals surface area contributed by atoms with Crippen molar-refractivity contribution in [2.24, 2.45) is 0 Å². The number of amides is 1. The third-order valence-corrected chi connectivity index (χ3v) is 4.96.